The largest absolute Gasteiger partial charge is 0.361 e. The molecule has 6 heteroatoms. The highest BCUT2D eigenvalue weighted by molar-refractivity contribution is 7.90. The number of fused-ring (bicyclic) bond motifs is 1. The molecule has 0 saturated heterocycles. The molecule has 3 aromatic carbocycles. The van der Waals surface area contributed by atoms with Gasteiger partial charge in [0.15, 0.2) is 9.84 Å². The third-order valence-electron chi connectivity index (χ3n) is 5.06. The number of carbonyl (C=O) groups is 1. The number of benzene rings is 3. The summed E-state index contributed by atoms with van der Waals surface area (Å²) in [6, 6.07) is 22.2. The first-order valence-electron chi connectivity index (χ1n) is 9.66. The molecular weight excluding hydrogens is 396 g/mol. The van der Waals surface area contributed by atoms with Crippen molar-refractivity contribution in [3.63, 3.8) is 0 Å². The van der Waals surface area contributed by atoms with E-state index in [9.17, 15) is 13.2 Å². The van der Waals surface area contributed by atoms with E-state index >= 15 is 0 Å². The van der Waals surface area contributed by atoms with Crippen molar-refractivity contribution >= 4 is 32.3 Å². The van der Waals surface area contributed by atoms with Gasteiger partial charge in [0.2, 0.25) is 5.91 Å². The number of amides is 1. The molecule has 1 amide bonds. The molecular formula is C24H22N2O3S. The first-order chi connectivity index (χ1) is 14.4. The van der Waals surface area contributed by atoms with Crippen molar-refractivity contribution in [1.29, 1.82) is 0 Å². The summed E-state index contributed by atoms with van der Waals surface area (Å²) in [5, 5.41) is 4.05. The maximum absolute atomic E-state index is 12.4. The molecule has 0 atom stereocenters. The molecule has 0 spiro atoms. The number of hydrogen-bond acceptors (Lipinski definition) is 3. The Morgan fingerprint density at radius 1 is 0.933 bits per heavy atom. The van der Waals surface area contributed by atoms with Crippen LogP contribution >= 0.6 is 0 Å². The number of carbonyl (C=O) groups excluding carboxylic acids is 1. The van der Waals surface area contributed by atoms with Crippen molar-refractivity contribution in [2.24, 2.45) is 0 Å². The number of sulfone groups is 1. The van der Waals surface area contributed by atoms with Crippen molar-refractivity contribution in [2.45, 2.75) is 17.7 Å². The monoisotopic (exact) mass is 418 g/mol. The highest BCUT2D eigenvalue weighted by Crippen LogP contribution is 2.28. The van der Waals surface area contributed by atoms with Crippen molar-refractivity contribution in [3.8, 4) is 11.1 Å². The molecule has 0 fully saturated rings. The number of H-pyrrole nitrogens is 1. The molecule has 4 rings (SSSR count). The zero-order valence-electron chi connectivity index (χ0n) is 16.6. The van der Waals surface area contributed by atoms with Crippen LogP contribution in [0.3, 0.4) is 0 Å². The van der Waals surface area contributed by atoms with E-state index < -0.39 is 9.84 Å². The average Bonchev–Trinajstić information content (AvgIpc) is 3.15. The lowest BCUT2D eigenvalue weighted by molar-refractivity contribution is -0.116. The van der Waals surface area contributed by atoms with Gasteiger partial charge in [-0.1, -0.05) is 48.5 Å². The van der Waals surface area contributed by atoms with Gasteiger partial charge in [-0.3, -0.25) is 4.79 Å². The third-order valence-corrected chi connectivity index (χ3v) is 6.22. The number of aryl methyl sites for hydroxylation is 1. The van der Waals surface area contributed by atoms with Crippen molar-refractivity contribution in [3.05, 3.63) is 84.6 Å². The Bertz CT molecular complexity index is 1310. The first kappa shape index (κ1) is 19.9. The average molecular weight is 419 g/mol. The number of anilines is 1. The van der Waals surface area contributed by atoms with Gasteiger partial charge in [0, 0.05) is 41.0 Å². The fraction of sp³-hybridized carbons (Fsp3) is 0.125. The number of hydrogen-bond donors (Lipinski definition) is 2. The molecule has 0 bridgehead atoms. The van der Waals surface area contributed by atoms with Gasteiger partial charge in [0.05, 0.1) is 4.90 Å². The Hall–Kier alpha value is -3.38. The number of aromatic nitrogens is 1. The van der Waals surface area contributed by atoms with Crippen LogP contribution < -0.4 is 5.32 Å². The van der Waals surface area contributed by atoms with Crippen LogP contribution in [0.25, 0.3) is 22.0 Å². The molecule has 0 aliphatic rings. The molecule has 2 N–H and O–H groups in total. The van der Waals surface area contributed by atoms with E-state index in [0.717, 1.165) is 22.0 Å². The fourth-order valence-corrected chi connectivity index (χ4v) is 4.48. The molecule has 0 saturated carbocycles. The summed E-state index contributed by atoms with van der Waals surface area (Å²) in [5.41, 5.74) is 4.30. The van der Waals surface area contributed by atoms with Gasteiger partial charge in [-0.25, -0.2) is 8.42 Å². The minimum absolute atomic E-state index is 0.0652. The Labute approximate surface area is 175 Å². The zero-order valence-corrected chi connectivity index (χ0v) is 17.4. The van der Waals surface area contributed by atoms with Crippen molar-refractivity contribution in [2.75, 3.05) is 11.6 Å². The lowest BCUT2D eigenvalue weighted by atomic mass is 10.1. The summed E-state index contributed by atoms with van der Waals surface area (Å²) in [7, 11) is -3.33. The number of aromatic amines is 1. The highest BCUT2D eigenvalue weighted by Gasteiger charge is 2.14. The van der Waals surface area contributed by atoms with E-state index in [2.05, 4.69) is 10.3 Å². The minimum atomic E-state index is -3.33. The maximum atomic E-state index is 12.4. The van der Waals surface area contributed by atoms with Crippen molar-refractivity contribution < 1.29 is 13.2 Å². The Kier molecular flexibility index (Phi) is 5.42. The second kappa shape index (κ2) is 8.16. The lowest BCUT2D eigenvalue weighted by Crippen LogP contribution is -2.12. The molecule has 152 valence electrons. The predicted molar refractivity (Wildman–Crippen MR) is 120 cm³/mol. The van der Waals surface area contributed by atoms with Crippen LogP contribution in [-0.2, 0) is 21.1 Å². The molecule has 4 aromatic rings. The van der Waals surface area contributed by atoms with Gasteiger partial charge in [0.1, 0.15) is 0 Å². The predicted octanol–water partition coefficient (Wildman–Crippen LogP) is 4.81. The van der Waals surface area contributed by atoms with Gasteiger partial charge < -0.3 is 10.3 Å². The lowest BCUT2D eigenvalue weighted by Gasteiger charge is -2.10. The minimum Gasteiger partial charge on any atom is -0.361 e. The number of para-hydroxylation sites is 1. The highest BCUT2D eigenvalue weighted by atomic mass is 32.2. The van der Waals surface area contributed by atoms with Crippen LogP contribution in [0.1, 0.15) is 12.0 Å². The van der Waals surface area contributed by atoms with Gasteiger partial charge in [-0.15, -0.1) is 0 Å². The summed E-state index contributed by atoms with van der Waals surface area (Å²) in [5.74, 6) is -0.0652. The number of rotatable bonds is 6. The molecule has 30 heavy (non-hydrogen) atoms. The van der Waals surface area contributed by atoms with Gasteiger partial charge in [-0.2, -0.15) is 0 Å². The van der Waals surface area contributed by atoms with E-state index in [-0.39, 0.29) is 5.91 Å². The quantitative estimate of drug-likeness (QED) is 0.472. The van der Waals surface area contributed by atoms with E-state index in [1.807, 2.05) is 48.7 Å². The summed E-state index contributed by atoms with van der Waals surface area (Å²) < 4.78 is 24.1. The van der Waals surface area contributed by atoms with E-state index in [4.69, 9.17) is 0 Å². The summed E-state index contributed by atoms with van der Waals surface area (Å²) in [6.07, 6.45) is 4.18. The van der Waals surface area contributed by atoms with E-state index in [1.54, 1.807) is 30.3 Å². The van der Waals surface area contributed by atoms with Crippen LogP contribution in [0.15, 0.2) is 83.9 Å². The molecule has 0 radical (unpaired) electrons. The van der Waals surface area contributed by atoms with Crippen LogP contribution in [0.2, 0.25) is 0 Å². The molecule has 5 nitrogen and oxygen atoms in total. The molecule has 0 aliphatic heterocycles. The standard InChI is InChI=1S/C24H22N2O3S/c1-30(28,29)23-9-5-3-7-21(23)17-10-13-19(14-11-17)26-24(27)15-12-18-16-25-22-8-4-2-6-20(18)22/h2-11,13-14,16,25H,12,15H2,1H3,(H,26,27). The smallest absolute Gasteiger partial charge is 0.224 e. The van der Waals surface area contributed by atoms with Crippen molar-refractivity contribution in [1.82, 2.24) is 4.98 Å². The normalized spacial score (nSPS) is 11.5. The first-order valence-corrected chi connectivity index (χ1v) is 11.6. The fourth-order valence-electron chi connectivity index (χ4n) is 3.57. The van der Waals surface area contributed by atoms with Crippen LogP contribution in [0, 0.1) is 0 Å². The SMILES string of the molecule is CS(=O)(=O)c1ccccc1-c1ccc(NC(=O)CCc2c[nH]c3ccccc23)cc1. The third kappa shape index (κ3) is 4.28. The summed E-state index contributed by atoms with van der Waals surface area (Å²) in [4.78, 5) is 15.9. The Morgan fingerprint density at radius 3 is 2.40 bits per heavy atom. The van der Waals surface area contributed by atoms with Crippen LogP contribution in [0.4, 0.5) is 5.69 Å². The van der Waals surface area contributed by atoms with Crippen LogP contribution in [-0.4, -0.2) is 25.6 Å². The maximum Gasteiger partial charge on any atom is 0.224 e. The van der Waals surface area contributed by atoms with E-state index in [0.29, 0.717) is 29.0 Å². The summed E-state index contributed by atoms with van der Waals surface area (Å²) >= 11 is 0. The van der Waals surface area contributed by atoms with Crippen LogP contribution in [0.5, 0.6) is 0 Å². The van der Waals surface area contributed by atoms with Gasteiger partial charge in [0.25, 0.3) is 0 Å². The Morgan fingerprint density at radius 2 is 1.63 bits per heavy atom. The van der Waals surface area contributed by atoms with Gasteiger partial charge in [-0.05, 0) is 41.8 Å². The summed E-state index contributed by atoms with van der Waals surface area (Å²) in [6.45, 7) is 0. The Balaban J connectivity index is 1.43. The second-order valence-corrected chi connectivity index (χ2v) is 9.24. The topological polar surface area (TPSA) is 79.0 Å². The number of nitrogens with one attached hydrogen (secondary N) is 2. The molecule has 1 heterocycles. The molecule has 0 aliphatic carbocycles. The molecule has 0 unspecified atom stereocenters. The second-order valence-electron chi connectivity index (χ2n) is 7.25. The van der Waals surface area contributed by atoms with E-state index in [1.165, 1.54) is 6.26 Å². The zero-order chi connectivity index (χ0) is 21.1. The van der Waals surface area contributed by atoms with Gasteiger partial charge >= 0.3 is 0 Å². The molecule has 1 aromatic heterocycles.